The smallest absolute Gasteiger partial charge is 0.251 e. The Morgan fingerprint density at radius 1 is 1.71 bits per heavy atom. The highest BCUT2D eigenvalue weighted by molar-refractivity contribution is 6.29. The lowest BCUT2D eigenvalue weighted by Gasteiger charge is -2.04. The summed E-state index contributed by atoms with van der Waals surface area (Å²) in [5, 5.41) is 3.01. The summed E-state index contributed by atoms with van der Waals surface area (Å²) < 4.78 is 0. The van der Waals surface area contributed by atoms with Gasteiger partial charge in [-0.3, -0.25) is 4.79 Å². The highest BCUT2D eigenvalue weighted by atomic mass is 35.5. The van der Waals surface area contributed by atoms with Crippen LogP contribution in [0.25, 0.3) is 0 Å². The van der Waals surface area contributed by atoms with E-state index >= 15 is 0 Å². The highest BCUT2D eigenvalue weighted by Crippen LogP contribution is 2.06. The molecule has 0 aliphatic rings. The van der Waals surface area contributed by atoms with E-state index in [0.29, 0.717) is 17.3 Å². The van der Waals surface area contributed by atoms with Gasteiger partial charge in [0, 0.05) is 18.3 Å². The van der Waals surface area contributed by atoms with Gasteiger partial charge in [-0.15, -0.1) is 0 Å². The van der Waals surface area contributed by atoms with Crippen LogP contribution in [0.1, 0.15) is 17.3 Å². The minimum atomic E-state index is -0.169. The fraction of sp³-hybridized carbons (Fsp3) is 0.200. The van der Waals surface area contributed by atoms with Crippen molar-refractivity contribution in [2.24, 2.45) is 0 Å². The SMILES string of the molecule is C=C(C)CNC(=O)c1ccnc(Cl)c1. The zero-order chi connectivity index (χ0) is 10.6. The molecule has 0 radical (unpaired) electrons. The molecular formula is C10H11ClN2O. The predicted molar refractivity (Wildman–Crippen MR) is 56.4 cm³/mol. The van der Waals surface area contributed by atoms with E-state index in [-0.39, 0.29) is 5.91 Å². The van der Waals surface area contributed by atoms with E-state index < -0.39 is 0 Å². The van der Waals surface area contributed by atoms with Crippen LogP contribution in [0.2, 0.25) is 5.15 Å². The number of rotatable bonds is 3. The second kappa shape index (κ2) is 4.77. The molecule has 1 amide bonds. The van der Waals surface area contributed by atoms with Crippen LogP contribution in [0, 0.1) is 0 Å². The predicted octanol–water partition coefficient (Wildman–Crippen LogP) is 2.04. The van der Waals surface area contributed by atoms with Crippen molar-refractivity contribution in [1.82, 2.24) is 10.3 Å². The van der Waals surface area contributed by atoms with E-state index in [1.54, 1.807) is 6.07 Å². The third kappa shape index (κ3) is 3.18. The Balaban J connectivity index is 2.65. The van der Waals surface area contributed by atoms with Crippen molar-refractivity contribution in [3.63, 3.8) is 0 Å². The molecule has 0 unspecified atom stereocenters. The number of nitrogens with zero attached hydrogens (tertiary/aromatic N) is 1. The zero-order valence-electron chi connectivity index (χ0n) is 7.88. The van der Waals surface area contributed by atoms with Crippen LogP contribution in [0.5, 0.6) is 0 Å². The Bertz CT molecular complexity index is 363. The van der Waals surface area contributed by atoms with Crippen molar-refractivity contribution in [3.8, 4) is 0 Å². The third-order valence-corrected chi connectivity index (χ3v) is 1.75. The van der Waals surface area contributed by atoms with Crippen molar-refractivity contribution in [1.29, 1.82) is 0 Å². The molecule has 0 aromatic carbocycles. The molecule has 0 spiro atoms. The van der Waals surface area contributed by atoms with Gasteiger partial charge in [0.05, 0.1) is 0 Å². The maximum Gasteiger partial charge on any atom is 0.251 e. The van der Waals surface area contributed by atoms with Crippen LogP contribution in [0.3, 0.4) is 0 Å². The van der Waals surface area contributed by atoms with Crippen molar-refractivity contribution < 1.29 is 4.79 Å². The van der Waals surface area contributed by atoms with Gasteiger partial charge in [-0.25, -0.2) is 4.98 Å². The normalized spacial score (nSPS) is 9.57. The number of carbonyl (C=O) groups is 1. The molecule has 1 aromatic rings. The van der Waals surface area contributed by atoms with Crippen LogP contribution in [-0.4, -0.2) is 17.4 Å². The first-order valence-electron chi connectivity index (χ1n) is 4.13. The Labute approximate surface area is 87.8 Å². The minimum Gasteiger partial charge on any atom is -0.348 e. The molecule has 0 aliphatic carbocycles. The summed E-state index contributed by atoms with van der Waals surface area (Å²) in [6.45, 7) is 6.00. The summed E-state index contributed by atoms with van der Waals surface area (Å²) in [6, 6.07) is 3.13. The van der Waals surface area contributed by atoms with E-state index in [4.69, 9.17) is 11.6 Å². The maximum atomic E-state index is 11.5. The lowest BCUT2D eigenvalue weighted by molar-refractivity contribution is 0.0957. The van der Waals surface area contributed by atoms with Crippen molar-refractivity contribution >= 4 is 17.5 Å². The summed E-state index contributed by atoms with van der Waals surface area (Å²) in [4.78, 5) is 15.2. The summed E-state index contributed by atoms with van der Waals surface area (Å²) in [6.07, 6.45) is 1.50. The molecule has 14 heavy (non-hydrogen) atoms. The average Bonchev–Trinajstić information content (AvgIpc) is 2.14. The van der Waals surface area contributed by atoms with Crippen LogP contribution in [0.15, 0.2) is 30.5 Å². The fourth-order valence-electron chi connectivity index (χ4n) is 0.877. The Hall–Kier alpha value is -1.35. The maximum absolute atomic E-state index is 11.5. The van der Waals surface area contributed by atoms with Crippen LogP contribution < -0.4 is 5.32 Å². The zero-order valence-corrected chi connectivity index (χ0v) is 8.64. The molecule has 4 heteroatoms. The molecule has 1 N–H and O–H groups in total. The number of aromatic nitrogens is 1. The summed E-state index contributed by atoms with van der Waals surface area (Å²) in [5.74, 6) is -0.169. The number of carbonyl (C=O) groups excluding carboxylic acids is 1. The average molecular weight is 211 g/mol. The number of pyridine rings is 1. The molecule has 0 aliphatic heterocycles. The van der Waals surface area contributed by atoms with Crippen LogP contribution in [0.4, 0.5) is 0 Å². The quantitative estimate of drug-likeness (QED) is 0.613. The Kier molecular flexibility index (Phi) is 3.65. The van der Waals surface area contributed by atoms with Gasteiger partial charge in [-0.2, -0.15) is 0 Å². The lowest BCUT2D eigenvalue weighted by Crippen LogP contribution is -2.24. The molecule has 74 valence electrons. The van der Waals surface area contributed by atoms with Gasteiger partial charge in [-0.1, -0.05) is 23.8 Å². The molecule has 0 bridgehead atoms. The van der Waals surface area contributed by atoms with Gasteiger partial charge < -0.3 is 5.32 Å². The summed E-state index contributed by atoms with van der Waals surface area (Å²) in [5.41, 5.74) is 1.41. The van der Waals surface area contributed by atoms with Crippen LogP contribution in [-0.2, 0) is 0 Å². The minimum absolute atomic E-state index is 0.169. The van der Waals surface area contributed by atoms with E-state index in [1.807, 2.05) is 6.92 Å². The number of hydrogen-bond donors (Lipinski definition) is 1. The van der Waals surface area contributed by atoms with Crippen molar-refractivity contribution in [2.45, 2.75) is 6.92 Å². The van der Waals surface area contributed by atoms with Crippen LogP contribution >= 0.6 is 11.6 Å². The standard InChI is InChI=1S/C10H11ClN2O/c1-7(2)6-13-10(14)8-3-4-12-9(11)5-8/h3-5H,1,6H2,2H3,(H,13,14). The van der Waals surface area contributed by atoms with E-state index in [1.165, 1.54) is 12.3 Å². The molecule has 0 saturated heterocycles. The van der Waals surface area contributed by atoms with Gasteiger partial charge in [0.15, 0.2) is 0 Å². The second-order valence-electron chi connectivity index (χ2n) is 3.01. The number of halogens is 1. The first kappa shape index (κ1) is 10.7. The Morgan fingerprint density at radius 3 is 3.00 bits per heavy atom. The van der Waals surface area contributed by atoms with Crippen molar-refractivity contribution in [2.75, 3.05) is 6.54 Å². The summed E-state index contributed by atoms with van der Waals surface area (Å²) in [7, 11) is 0. The molecule has 3 nitrogen and oxygen atoms in total. The first-order valence-corrected chi connectivity index (χ1v) is 4.51. The molecule has 0 atom stereocenters. The summed E-state index contributed by atoms with van der Waals surface area (Å²) >= 11 is 5.64. The third-order valence-electron chi connectivity index (χ3n) is 1.54. The fourth-order valence-corrected chi connectivity index (χ4v) is 1.05. The van der Waals surface area contributed by atoms with E-state index in [0.717, 1.165) is 5.57 Å². The highest BCUT2D eigenvalue weighted by Gasteiger charge is 2.04. The largest absolute Gasteiger partial charge is 0.348 e. The molecular weight excluding hydrogens is 200 g/mol. The Morgan fingerprint density at radius 2 is 2.43 bits per heavy atom. The number of amides is 1. The first-order chi connectivity index (χ1) is 6.59. The topological polar surface area (TPSA) is 42.0 Å². The second-order valence-corrected chi connectivity index (χ2v) is 3.39. The number of nitrogens with one attached hydrogen (secondary N) is 1. The molecule has 1 aromatic heterocycles. The monoisotopic (exact) mass is 210 g/mol. The van der Waals surface area contributed by atoms with Crippen molar-refractivity contribution in [3.05, 3.63) is 41.2 Å². The molecule has 1 heterocycles. The van der Waals surface area contributed by atoms with E-state index in [2.05, 4.69) is 16.9 Å². The van der Waals surface area contributed by atoms with Gasteiger partial charge in [-0.05, 0) is 19.1 Å². The molecule has 0 saturated carbocycles. The van der Waals surface area contributed by atoms with Gasteiger partial charge in [0.1, 0.15) is 5.15 Å². The van der Waals surface area contributed by atoms with Gasteiger partial charge in [0.2, 0.25) is 0 Å². The van der Waals surface area contributed by atoms with E-state index in [9.17, 15) is 4.79 Å². The van der Waals surface area contributed by atoms with Gasteiger partial charge in [0.25, 0.3) is 5.91 Å². The lowest BCUT2D eigenvalue weighted by atomic mass is 10.2. The number of hydrogen-bond acceptors (Lipinski definition) is 2. The van der Waals surface area contributed by atoms with Gasteiger partial charge >= 0.3 is 0 Å². The molecule has 0 fully saturated rings. The molecule has 1 rings (SSSR count).